The van der Waals surface area contributed by atoms with E-state index >= 15 is 0 Å². The Hall–Kier alpha value is -0.400. The van der Waals surface area contributed by atoms with Crippen LogP contribution in [0.5, 0.6) is 0 Å². The number of hydrogen-bond acceptors (Lipinski definition) is 3. The van der Waals surface area contributed by atoms with E-state index in [9.17, 15) is 17.9 Å². The van der Waals surface area contributed by atoms with Crippen LogP contribution in [0.25, 0.3) is 0 Å². The van der Waals surface area contributed by atoms with E-state index in [1.54, 1.807) is 0 Å². The summed E-state index contributed by atoms with van der Waals surface area (Å²) >= 11 is 0. The van der Waals surface area contributed by atoms with Crippen LogP contribution in [-0.2, 0) is 0 Å². The third-order valence-electron chi connectivity index (χ3n) is 1.54. The van der Waals surface area contributed by atoms with Crippen LogP contribution in [0.1, 0.15) is 19.8 Å². The molecule has 0 heterocycles. The first-order chi connectivity index (χ1) is 5.93. The van der Waals surface area contributed by atoms with Gasteiger partial charge in [-0.1, -0.05) is 0 Å². The molecule has 0 spiro atoms. The monoisotopic (exact) mass is 204 g/mol. The first-order valence-electron chi connectivity index (χ1n) is 3.81. The van der Waals surface area contributed by atoms with Crippen molar-refractivity contribution in [1.82, 2.24) is 10.7 Å². The predicted octanol–water partition coefficient (Wildman–Crippen LogP) is 1.66. The lowest BCUT2D eigenvalue weighted by Gasteiger charge is -2.16. The fraction of sp³-hybridized carbons (Fsp3) is 1.00. The van der Waals surface area contributed by atoms with Gasteiger partial charge in [0.1, 0.15) is 0 Å². The van der Waals surface area contributed by atoms with Gasteiger partial charge in [0.25, 0.3) is 0 Å². The molecule has 0 aromatic heterocycles. The third-order valence-corrected chi connectivity index (χ3v) is 1.54. The molecule has 2 unspecified atom stereocenters. The van der Waals surface area contributed by atoms with Gasteiger partial charge in [0.15, 0.2) is 0 Å². The SMILES string of the molecule is CC(O)CCC(CN(F)F)N(F)F. The molecule has 0 rings (SSSR count). The van der Waals surface area contributed by atoms with Crippen molar-refractivity contribution in [3.63, 3.8) is 0 Å². The van der Waals surface area contributed by atoms with Crippen LogP contribution in [0.15, 0.2) is 0 Å². The maximum absolute atomic E-state index is 11.9. The molecule has 0 fully saturated rings. The molecule has 0 aromatic carbocycles. The zero-order valence-corrected chi connectivity index (χ0v) is 7.13. The van der Waals surface area contributed by atoms with Crippen LogP contribution in [0.2, 0.25) is 0 Å². The molecule has 0 saturated heterocycles. The minimum atomic E-state index is -1.54. The molecule has 1 N–H and O–H groups in total. The van der Waals surface area contributed by atoms with Gasteiger partial charge < -0.3 is 5.11 Å². The van der Waals surface area contributed by atoms with Gasteiger partial charge in [-0.2, -0.15) is 0 Å². The molecule has 0 bridgehead atoms. The van der Waals surface area contributed by atoms with Gasteiger partial charge in [0.05, 0.1) is 18.7 Å². The highest BCUT2D eigenvalue weighted by atomic mass is 19.4. The maximum Gasteiger partial charge on any atom is 0.0912 e. The fourth-order valence-electron chi connectivity index (χ4n) is 0.843. The molecule has 0 aliphatic heterocycles. The van der Waals surface area contributed by atoms with E-state index in [0.717, 1.165) is 0 Å². The Bertz CT molecular complexity index is 134. The van der Waals surface area contributed by atoms with Crippen LogP contribution in [-0.4, -0.2) is 34.5 Å². The second kappa shape index (κ2) is 6.11. The van der Waals surface area contributed by atoms with E-state index in [1.165, 1.54) is 6.92 Å². The smallest absolute Gasteiger partial charge is 0.0912 e. The molecule has 7 heteroatoms. The standard InChI is InChI=1S/C6H12F4N2O/c1-5(13)2-3-6(12(9)10)4-11(7)8/h5-6,13H,2-4H2,1H3. The molecule has 0 aliphatic carbocycles. The number of hydrogen-bond donors (Lipinski definition) is 1. The largest absolute Gasteiger partial charge is 0.393 e. The number of aliphatic hydroxyl groups excluding tert-OH is 1. The maximum atomic E-state index is 11.9. The Morgan fingerprint density at radius 2 is 1.69 bits per heavy atom. The molecule has 0 aliphatic rings. The summed E-state index contributed by atoms with van der Waals surface area (Å²) in [6.45, 7) is 0.389. The normalized spacial score (nSPS) is 16.6. The molecule has 80 valence electrons. The lowest BCUT2D eigenvalue weighted by atomic mass is 10.1. The Kier molecular flexibility index (Phi) is 5.93. The summed E-state index contributed by atoms with van der Waals surface area (Å²) in [5.41, 5.74) is 0. The van der Waals surface area contributed by atoms with Gasteiger partial charge in [0.2, 0.25) is 0 Å². The third kappa shape index (κ3) is 6.73. The highest BCUT2D eigenvalue weighted by Gasteiger charge is 2.22. The number of nitrogens with zero attached hydrogens (tertiary/aromatic N) is 2. The summed E-state index contributed by atoms with van der Waals surface area (Å²) < 4.78 is 47.0. The summed E-state index contributed by atoms with van der Waals surface area (Å²) in [5.74, 6) is 0. The number of halogens is 4. The van der Waals surface area contributed by atoms with E-state index in [1.807, 2.05) is 0 Å². The molecule has 13 heavy (non-hydrogen) atoms. The van der Waals surface area contributed by atoms with Crippen LogP contribution in [0.3, 0.4) is 0 Å². The zero-order chi connectivity index (χ0) is 10.4. The fourth-order valence-corrected chi connectivity index (χ4v) is 0.843. The van der Waals surface area contributed by atoms with Crippen molar-refractivity contribution >= 4 is 0 Å². The first kappa shape index (κ1) is 12.6. The van der Waals surface area contributed by atoms with Gasteiger partial charge >= 0.3 is 0 Å². The molecule has 3 nitrogen and oxygen atoms in total. The van der Waals surface area contributed by atoms with Gasteiger partial charge in [-0.15, -0.1) is 17.9 Å². The molecular formula is C6H12F4N2O. The second-order valence-electron chi connectivity index (χ2n) is 2.82. The zero-order valence-electron chi connectivity index (χ0n) is 7.13. The Labute approximate surface area is 73.3 Å². The summed E-state index contributed by atoms with van der Waals surface area (Å²) in [4.78, 5) is 0. The van der Waals surface area contributed by atoms with Gasteiger partial charge in [-0.05, 0) is 19.8 Å². The molecule has 0 saturated carbocycles. The lowest BCUT2D eigenvalue weighted by molar-refractivity contribution is -0.231. The average Bonchev–Trinajstić information content (AvgIpc) is 1.96. The average molecular weight is 204 g/mol. The van der Waals surface area contributed by atoms with Crippen molar-refractivity contribution in [3.8, 4) is 0 Å². The highest BCUT2D eigenvalue weighted by Crippen LogP contribution is 2.12. The molecule has 0 radical (unpaired) electrons. The Morgan fingerprint density at radius 1 is 1.15 bits per heavy atom. The van der Waals surface area contributed by atoms with Gasteiger partial charge in [-0.25, -0.2) is 0 Å². The molecule has 0 aromatic rings. The quantitative estimate of drug-likeness (QED) is 0.526. The second-order valence-corrected chi connectivity index (χ2v) is 2.82. The molecule has 2 atom stereocenters. The van der Waals surface area contributed by atoms with E-state index in [0.29, 0.717) is 0 Å². The summed E-state index contributed by atoms with van der Waals surface area (Å²) in [5, 5.41) is 6.20. The summed E-state index contributed by atoms with van der Waals surface area (Å²) in [7, 11) is 0. The van der Waals surface area contributed by atoms with E-state index in [4.69, 9.17) is 5.11 Å². The minimum Gasteiger partial charge on any atom is -0.393 e. The lowest BCUT2D eigenvalue weighted by Crippen LogP contribution is -2.31. The van der Waals surface area contributed by atoms with E-state index in [-0.39, 0.29) is 12.8 Å². The van der Waals surface area contributed by atoms with Crippen molar-refractivity contribution in [3.05, 3.63) is 0 Å². The molecule has 0 amide bonds. The molecular weight excluding hydrogens is 192 g/mol. The van der Waals surface area contributed by atoms with Crippen LogP contribution in [0.4, 0.5) is 17.9 Å². The number of aliphatic hydroxyl groups is 1. The van der Waals surface area contributed by atoms with Crippen molar-refractivity contribution in [2.24, 2.45) is 0 Å². The van der Waals surface area contributed by atoms with Gasteiger partial charge in [-0.3, -0.25) is 0 Å². The van der Waals surface area contributed by atoms with E-state index < -0.39 is 29.4 Å². The predicted molar refractivity (Wildman–Crippen MR) is 37.7 cm³/mol. The van der Waals surface area contributed by atoms with Crippen molar-refractivity contribution in [2.75, 3.05) is 6.54 Å². The van der Waals surface area contributed by atoms with Crippen molar-refractivity contribution in [2.45, 2.75) is 31.9 Å². The van der Waals surface area contributed by atoms with Crippen LogP contribution in [0, 0.1) is 0 Å². The summed E-state index contributed by atoms with van der Waals surface area (Å²) in [6.07, 6.45) is -0.854. The topological polar surface area (TPSA) is 26.7 Å². The minimum absolute atomic E-state index is 0.0723. The van der Waals surface area contributed by atoms with Crippen LogP contribution < -0.4 is 0 Å². The van der Waals surface area contributed by atoms with Gasteiger partial charge in [0, 0.05) is 10.7 Å². The summed E-state index contributed by atoms with van der Waals surface area (Å²) in [6, 6.07) is -1.54. The number of rotatable bonds is 6. The first-order valence-corrected chi connectivity index (χ1v) is 3.81. The van der Waals surface area contributed by atoms with Crippen LogP contribution >= 0.6 is 0 Å². The van der Waals surface area contributed by atoms with Crippen molar-refractivity contribution < 1.29 is 23.0 Å². The highest BCUT2D eigenvalue weighted by molar-refractivity contribution is 4.63. The van der Waals surface area contributed by atoms with E-state index in [2.05, 4.69) is 0 Å². The Balaban J connectivity index is 3.81. The Morgan fingerprint density at radius 3 is 2.00 bits per heavy atom. The van der Waals surface area contributed by atoms with Crippen molar-refractivity contribution in [1.29, 1.82) is 0 Å².